The van der Waals surface area contributed by atoms with Crippen LogP contribution in [-0.4, -0.2) is 52.3 Å². The van der Waals surface area contributed by atoms with Crippen LogP contribution in [0.25, 0.3) is 11.3 Å². The Morgan fingerprint density at radius 2 is 1.69 bits per heavy atom. The summed E-state index contributed by atoms with van der Waals surface area (Å²) in [4.78, 5) is 20.4. The van der Waals surface area contributed by atoms with Gasteiger partial charge in [0.2, 0.25) is 0 Å². The number of carbonyl (C=O) groups is 1. The molecule has 0 aliphatic carbocycles. The first kappa shape index (κ1) is 19.4. The van der Waals surface area contributed by atoms with Crippen molar-refractivity contribution in [1.82, 2.24) is 20.1 Å². The SMILES string of the molecule is O=C(Nc1ccc(Cl)cc1Cl)N1CCN(c2ccc(-c3ccncc3)nn2)CC1. The van der Waals surface area contributed by atoms with Crippen LogP contribution in [0.2, 0.25) is 10.0 Å². The molecule has 0 atom stereocenters. The molecular weight excluding hydrogens is 411 g/mol. The Morgan fingerprint density at radius 1 is 0.931 bits per heavy atom. The number of piperazine rings is 1. The highest BCUT2D eigenvalue weighted by atomic mass is 35.5. The zero-order valence-corrected chi connectivity index (χ0v) is 16.9. The molecule has 0 radical (unpaired) electrons. The molecule has 3 heterocycles. The first-order chi connectivity index (χ1) is 14.1. The molecule has 1 fully saturated rings. The minimum absolute atomic E-state index is 0.187. The van der Waals surface area contributed by atoms with Gasteiger partial charge in [0.05, 0.1) is 16.4 Å². The van der Waals surface area contributed by atoms with Crippen molar-refractivity contribution in [3.8, 4) is 11.3 Å². The van der Waals surface area contributed by atoms with E-state index in [4.69, 9.17) is 23.2 Å². The van der Waals surface area contributed by atoms with Crippen molar-refractivity contribution in [3.05, 3.63) is 64.9 Å². The highest BCUT2D eigenvalue weighted by Crippen LogP contribution is 2.26. The summed E-state index contributed by atoms with van der Waals surface area (Å²) in [5.74, 6) is 0.795. The Hall–Kier alpha value is -2.90. The van der Waals surface area contributed by atoms with Gasteiger partial charge in [0.1, 0.15) is 0 Å². The highest BCUT2D eigenvalue weighted by Gasteiger charge is 2.22. The minimum atomic E-state index is -0.187. The third-order valence-electron chi connectivity index (χ3n) is 4.69. The molecule has 0 bridgehead atoms. The van der Waals surface area contributed by atoms with Gasteiger partial charge in [0.25, 0.3) is 0 Å². The Labute approximate surface area is 178 Å². The van der Waals surface area contributed by atoms with Gasteiger partial charge in [-0.1, -0.05) is 23.2 Å². The number of anilines is 2. The Balaban J connectivity index is 1.35. The molecule has 1 aliphatic heterocycles. The predicted octanol–water partition coefficient (Wildman–Crippen LogP) is 4.20. The summed E-state index contributed by atoms with van der Waals surface area (Å²) >= 11 is 12.0. The van der Waals surface area contributed by atoms with E-state index in [-0.39, 0.29) is 6.03 Å². The largest absolute Gasteiger partial charge is 0.352 e. The van der Waals surface area contributed by atoms with Crippen LogP contribution in [0.1, 0.15) is 0 Å². The van der Waals surface area contributed by atoms with Gasteiger partial charge < -0.3 is 15.1 Å². The number of carbonyl (C=O) groups excluding carboxylic acids is 1. The van der Waals surface area contributed by atoms with Crippen LogP contribution < -0.4 is 10.2 Å². The molecule has 1 aromatic carbocycles. The van der Waals surface area contributed by atoms with Gasteiger partial charge >= 0.3 is 6.03 Å². The second-order valence-electron chi connectivity index (χ2n) is 6.54. The summed E-state index contributed by atoms with van der Waals surface area (Å²) in [6.45, 7) is 2.49. The van der Waals surface area contributed by atoms with Crippen molar-refractivity contribution in [2.24, 2.45) is 0 Å². The van der Waals surface area contributed by atoms with Crippen molar-refractivity contribution in [3.63, 3.8) is 0 Å². The molecule has 1 saturated heterocycles. The smallest absolute Gasteiger partial charge is 0.322 e. The number of aromatic nitrogens is 3. The van der Waals surface area contributed by atoms with Crippen LogP contribution >= 0.6 is 23.2 Å². The number of urea groups is 1. The lowest BCUT2D eigenvalue weighted by molar-refractivity contribution is 0.208. The monoisotopic (exact) mass is 428 g/mol. The van der Waals surface area contributed by atoms with Crippen molar-refractivity contribution >= 4 is 40.7 Å². The quantitative estimate of drug-likeness (QED) is 0.676. The van der Waals surface area contributed by atoms with E-state index in [1.54, 1.807) is 35.5 Å². The van der Waals surface area contributed by atoms with Crippen LogP contribution in [0.5, 0.6) is 0 Å². The summed E-state index contributed by atoms with van der Waals surface area (Å²) in [5, 5.41) is 12.4. The van der Waals surface area contributed by atoms with Crippen molar-refractivity contribution < 1.29 is 4.79 Å². The fourth-order valence-electron chi connectivity index (χ4n) is 3.09. The van der Waals surface area contributed by atoms with E-state index in [1.165, 1.54) is 0 Å². The standard InChI is InChI=1S/C20H18Cl2N6O/c21-15-1-2-18(16(22)13-15)24-20(29)28-11-9-27(10-12-28)19-4-3-17(25-26-19)14-5-7-23-8-6-14/h1-8,13H,9-12H2,(H,24,29). The molecule has 0 spiro atoms. The van der Waals surface area contributed by atoms with Crippen molar-refractivity contribution in [2.75, 3.05) is 36.4 Å². The summed E-state index contributed by atoms with van der Waals surface area (Å²) in [7, 11) is 0. The fourth-order valence-corrected chi connectivity index (χ4v) is 3.55. The number of amides is 2. The summed E-state index contributed by atoms with van der Waals surface area (Å²) in [6, 6.07) is 12.5. The van der Waals surface area contributed by atoms with Crippen LogP contribution in [-0.2, 0) is 0 Å². The second kappa shape index (κ2) is 8.63. The first-order valence-corrected chi connectivity index (χ1v) is 9.86. The average Bonchev–Trinajstić information content (AvgIpc) is 2.76. The zero-order valence-electron chi connectivity index (χ0n) is 15.4. The maximum atomic E-state index is 12.5. The second-order valence-corrected chi connectivity index (χ2v) is 7.38. The van der Waals surface area contributed by atoms with Gasteiger partial charge in [0, 0.05) is 49.2 Å². The Kier molecular flexibility index (Phi) is 5.78. The molecule has 148 valence electrons. The molecular formula is C20H18Cl2N6O. The third kappa shape index (κ3) is 4.58. The summed E-state index contributed by atoms with van der Waals surface area (Å²) in [6.07, 6.45) is 3.46. The van der Waals surface area contributed by atoms with Gasteiger partial charge in [-0.2, -0.15) is 0 Å². The van der Waals surface area contributed by atoms with Crippen LogP contribution in [0.3, 0.4) is 0 Å². The maximum Gasteiger partial charge on any atom is 0.322 e. The van der Waals surface area contributed by atoms with E-state index in [2.05, 4.69) is 25.4 Å². The molecule has 2 aromatic heterocycles. The zero-order chi connectivity index (χ0) is 20.2. The lowest BCUT2D eigenvalue weighted by atomic mass is 10.2. The highest BCUT2D eigenvalue weighted by molar-refractivity contribution is 6.36. The van der Waals surface area contributed by atoms with E-state index < -0.39 is 0 Å². The molecule has 1 N–H and O–H groups in total. The van der Waals surface area contributed by atoms with E-state index >= 15 is 0 Å². The van der Waals surface area contributed by atoms with E-state index in [9.17, 15) is 4.79 Å². The van der Waals surface area contributed by atoms with E-state index in [0.29, 0.717) is 41.9 Å². The van der Waals surface area contributed by atoms with Crippen molar-refractivity contribution in [2.45, 2.75) is 0 Å². The molecule has 3 aromatic rings. The summed E-state index contributed by atoms with van der Waals surface area (Å²) in [5.41, 5.74) is 2.32. The lowest BCUT2D eigenvalue weighted by Crippen LogP contribution is -2.50. The Bertz CT molecular complexity index is 992. The predicted molar refractivity (Wildman–Crippen MR) is 115 cm³/mol. The minimum Gasteiger partial charge on any atom is -0.352 e. The number of pyridine rings is 1. The Morgan fingerprint density at radius 3 is 2.34 bits per heavy atom. The van der Waals surface area contributed by atoms with Gasteiger partial charge in [-0.3, -0.25) is 4.98 Å². The molecule has 7 nitrogen and oxygen atoms in total. The van der Waals surface area contributed by atoms with Crippen LogP contribution in [0.4, 0.5) is 16.3 Å². The molecule has 0 saturated carbocycles. The maximum absolute atomic E-state index is 12.5. The number of nitrogens with one attached hydrogen (secondary N) is 1. The number of hydrogen-bond acceptors (Lipinski definition) is 5. The fraction of sp³-hybridized carbons (Fsp3) is 0.200. The molecule has 1 aliphatic rings. The third-order valence-corrected chi connectivity index (χ3v) is 5.24. The molecule has 9 heteroatoms. The van der Waals surface area contributed by atoms with E-state index in [0.717, 1.165) is 17.1 Å². The number of benzene rings is 1. The molecule has 0 unspecified atom stereocenters. The number of rotatable bonds is 3. The number of halogens is 2. The molecule has 4 rings (SSSR count). The normalized spacial score (nSPS) is 14.0. The number of hydrogen-bond donors (Lipinski definition) is 1. The average molecular weight is 429 g/mol. The van der Waals surface area contributed by atoms with E-state index in [1.807, 2.05) is 24.3 Å². The molecule has 2 amide bonds. The molecule has 29 heavy (non-hydrogen) atoms. The van der Waals surface area contributed by atoms with Gasteiger partial charge in [-0.05, 0) is 42.5 Å². The summed E-state index contributed by atoms with van der Waals surface area (Å²) < 4.78 is 0. The lowest BCUT2D eigenvalue weighted by Gasteiger charge is -2.35. The van der Waals surface area contributed by atoms with Crippen LogP contribution in [0.15, 0.2) is 54.9 Å². The van der Waals surface area contributed by atoms with Crippen molar-refractivity contribution in [1.29, 1.82) is 0 Å². The van der Waals surface area contributed by atoms with Gasteiger partial charge in [-0.15, -0.1) is 10.2 Å². The first-order valence-electron chi connectivity index (χ1n) is 9.10. The van der Waals surface area contributed by atoms with Gasteiger partial charge in [0.15, 0.2) is 5.82 Å². The number of nitrogens with zero attached hydrogens (tertiary/aromatic N) is 5. The van der Waals surface area contributed by atoms with Crippen LogP contribution in [0, 0.1) is 0 Å². The topological polar surface area (TPSA) is 74.2 Å². The van der Waals surface area contributed by atoms with Gasteiger partial charge in [-0.25, -0.2) is 4.79 Å².